The van der Waals surface area contributed by atoms with Crippen molar-refractivity contribution in [2.45, 2.75) is 25.4 Å². The minimum absolute atomic E-state index is 0.0542. The van der Waals surface area contributed by atoms with Crippen molar-refractivity contribution in [1.29, 1.82) is 0 Å². The Hall–Kier alpha value is -3.57. The van der Waals surface area contributed by atoms with Gasteiger partial charge in [0.15, 0.2) is 11.6 Å². The summed E-state index contributed by atoms with van der Waals surface area (Å²) in [6.07, 6.45) is -4.75. The van der Waals surface area contributed by atoms with Crippen molar-refractivity contribution in [2.75, 3.05) is 5.32 Å². The van der Waals surface area contributed by atoms with E-state index in [2.05, 4.69) is 25.6 Å². The van der Waals surface area contributed by atoms with Crippen molar-refractivity contribution < 1.29 is 26.3 Å². The van der Waals surface area contributed by atoms with Crippen LogP contribution in [0.25, 0.3) is 5.52 Å². The molecule has 4 rings (SSSR count). The Kier molecular flexibility index (Phi) is 4.86. The highest BCUT2D eigenvalue weighted by atomic mass is 19.4. The van der Waals surface area contributed by atoms with Crippen molar-refractivity contribution in [3.05, 3.63) is 71.1 Å². The SMILES string of the molecule is Cc1cc(Nc2nc(C(F)(F)c3ccc(F)cc3)nn3cc(CC(F)(F)F)cc23)n[nH]1. The Bertz CT molecular complexity index is 1230. The zero-order chi connectivity index (χ0) is 22.4. The first-order chi connectivity index (χ1) is 14.5. The van der Waals surface area contributed by atoms with Gasteiger partial charge >= 0.3 is 12.1 Å². The third kappa shape index (κ3) is 4.32. The number of hydrogen-bond donors (Lipinski definition) is 2. The van der Waals surface area contributed by atoms with E-state index in [9.17, 15) is 17.6 Å². The van der Waals surface area contributed by atoms with Gasteiger partial charge in [-0.2, -0.15) is 27.1 Å². The maximum atomic E-state index is 15.1. The zero-order valence-electron chi connectivity index (χ0n) is 15.8. The number of aromatic amines is 1. The van der Waals surface area contributed by atoms with Crippen LogP contribution in [0.4, 0.5) is 38.0 Å². The maximum Gasteiger partial charge on any atom is 0.393 e. The highest BCUT2D eigenvalue weighted by Crippen LogP contribution is 2.35. The molecule has 0 radical (unpaired) electrons. The van der Waals surface area contributed by atoms with Crippen LogP contribution in [0, 0.1) is 12.7 Å². The van der Waals surface area contributed by atoms with E-state index >= 15 is 8.78 Å². The monoisotopic (exact) mass is 440 g/mol. The van der Waals surface area contributed by atoms with Gasteiger partial charge in [0.25, 0.3) is 0 Å². The molecule has 31 heavy (non-hydrogen) atoms. The Morgan fingerprint density at radius 3 is 2.39 bits per heavy atom. The molecule has 1 aromatic carbocycles. The van der Waals surface area contributed by atoms with Crippen LogP contribution in [0.5, 0.6) is 0 Å². The fourth-order valence-corrected chi connectivity index (χ4v) is 3.00. The lowest BCUT2D eigenvalue weighted by molar-refractivity contribution is -0.127. The van der Waals surface area contributed by atoms with E-state index in [-0.39, 0.29) is 22.7 Å². The summed E-state index contributed by atoms with van der Waals surface area (Å²) in [5, 5.41) is 13.0. The molecule has 0 atom stereocenters. The summed E-state index contributed by atoms with van der Waals surface area (Å²) in [5.41, 5.74) is -0.0288. The van der Waals surface area contributed by atoms with E-state index in [4.69, 9.17) is 0 Å². The van der Waals surface area contributed by atoms with E-state index in [0.29, 0.717) is 5.69 Å². The van der Waals surface area contributed by atoms with Gasteiger partial charge in [-0.15, -0.1) is 5.10 Å². The van der Waals surface area contributed by atoms with Crippen LogP contribution in [0.1, 0.15) is 22.6 Å². The van der Waals surface area contributed by atoms with Crippen LogP contribution >= 0.6 is 0 Å². The lowest BCUT2D eigenvalue weighted by atomic mass is 10.1. The van der Waals surface area contributed by atoms with Gasteiger partial charge in [0.1, 0.15) is 11.3 Å². The number of fused-ring (bicyclic) bond motifs is 1. The van der Waals surface area contributed by atoms with E-state index in [1.54, 1.807) is 13.0 Å². The minimum Gasteiger partial charge on any atom is -0.322 e. The molecule has 0 fully saturated rings. The normalized spacial score (nSPS) is 12.5. The fraction of sp³-hybridized carbons (Fsp3) is 0.211. The smallest absolute Gasteiger partial charge is 0.322 e. The fourth-order valence-electron chi connectivity index (χ4n) is 3.00. The molecule has 0 saturated carbocycles. The summed E-state index contributed by atoms with van der Waals surface area (Å²) in [6, 6.07) is 6.23. The Labute approximate surface area is 170 Å². The van der Waals surface area contributed by atoms with Crippen LogP contribution < -0.4 is 5.32 Å². The molecule has 162 valence electrons. The number of halogens is 6. The predicted octanol–water partition coefficient (Wildman–Crippen LogP) is 4.89. The quantitative estimate of drug-likeness (QED) is 0.434. The number of H-pyrrole nitrogens is 1. The molecule has 0 bridgehead atoms. The third-order valence-corrected chi connectivity index (χ3v) is 4.36. The summed E-state index contributed by atoms with van der Waals surface area (Å²) in [4.78, 5) is 3.86. The highest BCUT2D eigenvalue weighted by molar-refractivity contribution is 5.73. The molecule has 0 saturated heterocycles. The minimum atomic E-state index is -4.49. The molecule has 0 aliphatic rings. The summed E-state index contributed by atoms with van der Waals surface area (Å²) in [7, 11) is 0. The number of nitrogens with one attached hydrogen (secondary N) is 2. The highest BCUT2D eigenvalue weighted by Gasteiger charge is 2.39. The standard InChI is InChI=1S/C19H14F6N6/c1-10-6-15(29-28-10)26-16-14-7-11(8-18(21,22)23)9-31(14)30-17(27-16)19(24,25)12-2-4-13(20)5-3-12/h2-7,9H,8H2,1H3,(H2,26,27,28,29,30). The molecular weight excluding hydrogens is 426 g/mol. The van der Waals surface area contributed by atoms with Gasteiger partial charge in [-0.3, -0.25) is 5.10 Å². The first-order valence-corrected chi connectivity index (χ1v) is 8.91. The van der Waals surface area contributed by atoms with Gasteiger partial charge in [0, 0.05) is 23.5 Å². The first-order valence-electron chi connectivity index (χ1n) is 8.91. The molecule has 3 aromatic heterocycles. The van der Waals surface area contributed by atoms with Crippen molar-refractivity contribution in [2.24, 2.45) is 0 Å². The molecule has 3 heterocycles. The number of anilines is 2. The van der Waals surface area contributed by atoms with E-state index in [0.717, 1.165) is 41.0 Å². The lowest BCUT2D eigenvalue weighted by Crippen LogP contribution is -2.21. The molecule has 6 nitrogen and oxygen atoms in total. The second-order valence-corrected chi connectivity index (χ2v) is 6.90. The number of aryl methyl sites for hydroxylation is 1. The largest absolute Gasteiger partial charge is 0.393 e. The lowest BCUT2D eigenvalue weighted by Gasteiger charge is -2.16. The van der Waals surface area contributed by atoms with Crippen molar-refractivity contribution in [1.82, 2.24) is 24.8 Å². The molecule has 0 unspecified atom stereocenters. The van der Waals surface area contributed by atoms with Crippen molar-refractivity contribution in [3.63, 3.8) is 0 Å². The summed E-state index contributed by atoms with van der Waals surface area (Å²) < 4.78 is 82.6. The van der Waals surface area contributed by atoms with Crippen LogP contribution in [-0.4, -0.2) is 31.0 Å². The van der Waals surface area contributed by atoms with Gasteiger partial charge < -0.3 is 5.32 Å². The molecule has 2 N–H and O–H groups in total. The number of benzene rings is 1. The molecule has 0 aliphatic heterocycles. The van der Waals surface area contributed by atoms with Gasteiger partial charge in [-0.1, -0.05) is 0 Å². The summed E-state index contributed by atoms with van der Waals surface area (Å²) >= 11 is 0. The molecule has 0 aliphatic carbocycles. The molecule has 12 heteroatoms. The van der Waals surface area contributed by atoms with E-state index < -0.39 is 35.7 Å². The Morgan fingerprint density at radius 2 is 1.77 bits per heavy atom. The number of rotatable bonds is 5. The predicted molar refractivity (Wildman–Crippen MR) is 98.7 cm³/mol. The first kappa shape index (κ1) is 20.7. The van der Waals surface area contributed by atoms with E-state index in [1.807, 2.05) is 0 Å². The number of hydrogen-bond acceptors (Lipinski definition) is 4. The zero-order valence-corrected chi connectivity index (χ0v) is 15.8. The van der Waals surface area contributed by atoms with Crippen LogP contribution in [-0.2, 0) is 12.3 Å². The molecular formula is C19H14F6N6. The van der Waals surface area contributed by atoms with Crippen molar-refractivity contribution >= 4 is 17.2 Å². The van der Waals surface area contributed by atoms with Gasteiger partial charge in [0.2, 0.25) is 5.82 Å². The number of aromatic nitrogens is 5. The Balaban J connectivity index is 1.84. The van der Waals surface area contributed by atoms with Gasteiger partial charge in [-0.25, -0.2) is 13.9 Å². The average Bonchev–Trinajstić information content (AvgIpc) is 3.26. The Morgan fingerprint density at radius 1 is 1.06 bits per heavy atom. The summed E-state index contributed by atoms with van der Waals surface area (Å²) in [5.74, 6) is -5.35. The second kappa shape index (κ2) is 7.29. The topological polar surface area (TPSA) is 70.9 Å². The second-order valence-electron chi connectivity index (χ2n) is 6.90. The third-order valence-electron chi connectivity index (χ3n) is 4.36. The van der Waals surface area contributed by atoms with Crippen LogP contribution in [0.2, 0.25) is 0 Å². The summed E-state index contributed by atoms with van der Waals surface area (Å²) in [6.45, 7) is 1.71. The van der Waals surface area contributed by atoms with Gasteiger partial charge in [-0.05, 0) is 42.8 Å². The van der Waals surface area contributed by atoms with Gasteiger partial charge in [0.05, 0.1) is 6.42 Å². The molecule has 0 amide bonds. The van der Waals surface area contributed by atoms with E-state index in [1.165, 1.54) is 0 Å². The number of alkyl halides is 5. The van der Waals surface area contributed by atoms with Crippen LogP contribution in [0.15, 0.2) is 42.6 Å². The average molecular weight is 440 g/mol. The van der Waals surface area contributed by atoms with Crippen LogP contribution in [0.3, 0.4) is 0 Å². The maximum absolute atomic E-state index is 15.1. The molecule has 0 spiro atoms. The van der Waals surface area contributed by atoms with Crippen molar-refractivity contribution in [3.8, 4) is 0 Å². The number of nitrogens with zero attached hydrogens (tertiary/aromatic N) is 4. The molecule has 4 aromatic rings.